The number of likely N-dealkylation sites (tertiary alicyclic amines) is 1. The Hall–Kier alpha value is -0.570. The van der Waals surface area contributed by atoms with Crippen LogP contribution in [0.15, 0.2) is 0 Å². The minimum atomic E-state index is 0.0274. The molecule has 1 rings (SSSR count). The molecule has 0 aromatic heterocycles. The second kappa shape index (κ2) is 5.50. The van der Waals surface area contributed by atoms with Crippen LogP contribution in [0.4, 0.5) is 0 Å². The van der Waals surface area contributed by atoms with Gasteiger partial charge in [0, 0.05) is 18.6 Å². The molecule has 3 heteroatoms. The van der Waals surface area contributed by atoms with Crippen molar-refractivity contribution >= 4 is 5.91 Å². The van der Waals surface area contributed by atoms with E-state index in [9.17, 15) is 4.79 Å². The average molecular weight is 212 g/mol. The highest BCUT2D eigenvalue weighted by Crippen LogP contribution is 2.28. The standard InChI is InChI=1S/C12H24N2O/c1-4-10(8-13)12(15)14-9(3)6-7-11(14)5-2/h9-11H,4-8,13H2,1-3H3. The van der Waals surface area contributed by atoms with Gasteiger partial charge in [-0.3, -0.25) is 4.79 Å². The number of nitrogens with zero attached hydrogens (tertiary/aromatic N) is 1. The van der Waals surface area contributed by atoms with E-state index >= 15 is 0 Å². The lowest BCUT2D eigenvalue weighted by Crippen LogP contribution is -2.44. The third-order valence-electron chi connectivity index (χ3n) is 3.64. The lowest BCUT2D eigenvalue weighted by Gasteiger charge is -2.31. The van der Waals surface area contributed by atoms with Crippen LogP contribution >= 0.6 is 0 Å². The molecule has 15 heavy (non-hydrogen) atoms. The van der Waals surface area contributed by atoms with E-state index in [-0.39, 0.29) is 11.8 Å². The van der Waals surface area contributed by atoms with Gasteiger partial charge < -0.3 is 10.6 Å². The fourth-order valence-electron chi connectivity index (χ4n) is 2.52. The van der Waals surface area contributed by atoms with Gasteiger partial charge in [-0.1, -0.05) is 13.8 Å². The number of rotatable bonds is 4. The second-order valence-electron chi connectivity index (χ2n) is 4.57. The van der Waals surface area contributed by atoms with Crippen molar-refractivity contribution in [3.05, 3.63) is 0 Å². The molecule has 3 atom stereocenters. The molecule has 0 bridgehead atoms. The third-order valence-corrected chi connectivity index (χ3v) is 3.64. The van der Waals surface area contributed by atoms with Crippen LogP contribution in [0.25, 0.3) is 0 Å². The van der Waals surface area contributed by atoms with Crippen molar-refractivity contribution in [1.29, 1.82) is 0 Å². The Morgan fingerprint density at radius 1 is 1.47 bits per heavy atom. The lowest BCUT2D eigenvalue weighted by atomic mass is 10.0. The Balaban J connectivity index is 2.71. The smallest absolute Gasteiger partial charge is 0.227 e. The first-order valence-corrected chi connectivity index (χ1v) is 6.17. The Morgan fingerprint density at radius 3 is 2.60 bits per heavy atom. The van der Waals surface area contributed by atoms with Crippen LogP contribution in [0.3, 0.4) is 0 Å². The summed E-state index contributed by atoms with van der Waals surface area (Å²) in [6.07, 6.45) is 4.22. The quantitative estimate of drug-likeness (QED) is 0.772. The predicted octanol–water partition coefficient (Wildman–Crippen LogP) is 1.76. The van der Waals surface area contributed by atoms with Crippen LogP contribution in [0.5, 0.6) is 0 Å². The van der Waals surface area contributed by atoms with Crippen LogP contribution in [0.1, 0.15) is 46.5 Å². The molecule has 0 aliphatic carbocycles. The monoisotopic (exact) mass is 212 g/mol. The van der Waals surface area contributed by atoms with Crippen molar-refractivity contribution in [1.82, 2.24) is 4.90 Å². The molecule has 3 unspecified atom stereocenters. The van der Waals surface area contributed by atoms with E-state index in [0.717, 1.165) is 25.7 Å². The van der Waals surface area contributed by atoms with Gasteiger partial charge in [0.25, 0.3) is 0 Å². The molecule has 3 nitrogen and oxygen atoms in total. The minimum absolute atomic E-state index is 0.0274. The molecule has 0 radical (unpaired) electrons. The zero-order valence-electron chi connectivity index (χ0n) is 10.2. The van der Waals surface area contributed by atoms with E-state index in [1.165, 1.54) is 0 Å². The summed E-state index contributed by atoms with van der Waals surface area (Å²) in [5.41, 5.74) is 5.64. The summed E-state index contributed by atoms with van der Waals surface area (Å²) in [5, 5.41) is 0. The molecular weight excluding hydrogens is 188 g/mol. The lowest BCUT2D eigenvalue weighted by molar-refractivity contribution is -0.138. The molecule has 1 saturated heterocycles. The summed E-state index contributed by atoms with van der Waals surface area (Å²) in [4.78, 5) is 14.3. The molecule has 2 N–H and O–H groups in total. The summed E-state index contributed by atoms with van der Waals surface area (Å²) in [7, 11) is 0. The highest BCUT2D eigenvalue weighted by molar-refractivity contribution is 5.80. The normalized spacial score (nSPS) is 28.1. The van der Waals surface area contributed by atoms with Gasteiger partial charge in [-0.25, -0.2) is 0 Å². The molecule has 0 saturated carbocycles. The first kappa shape index (κ1) is 12.5. The van der Waals surface area contributed by atoms with E-state index in [2.05, 4.69) is 18.7 Å². The summed E-state index contributed by atoms with van der Waals surface area (Å²) < 4.78 is 0. The summed E-state index contributed by atoms with van der Waals surface area (Å²) in [5.74, 6) is 0.302. The van der Waals surface area contributed by atoms with E-state index in [0.29, 0.717) is 18.6 Å². The molecule has 1 aliphatic heterocycles. The predicted molar refractivity (Wildman–Crippen MR) is 62.5 cm³/mol. The van der Waals surface area contributed by atoms with E-state index in [4.69, 9.17) is 5.73 Å². The van der Waals surface area contributed by atoms with Crippen molar-refractivity contribution in [2.45, 2.75) is 58.5 Å². The molecule has 1 aliphatic rings. The summed E-state index contributed by atoms with van der Waals surface area (Å²) >= 11 is 0. The van der Waals surface area contributed by atoms with Gasteiger partial charge >= 0.3 is 0 Å². The Labute approximate surface area is 93.0 Å². The number of carbonyl (C=O) groups excluding carboxylic acids is 1. The van der Waals surface area contributed by atoms with E-state index in [1.807, 2.05) is 6.92 Å². The Morgan fingerprint density at radius 2 is 2.13 bits per heavy atom. The highest BCUT2D eigenvalue weighted by Gasteiger charge is 2.35. The van der Waals surface area contributed by atoms with Crippen LogP contribution in [0, 0.1) is 5.92 Å². The van der Waals surface area contributed by atoms with Crippen molar-refractivity contribution in [3.63, 3.8) is 0 Å². The maximum atomic E-state index is 12.2. The van der Waals surface area contributed by atoms with Gasteiger partial charge in [0.1, 0.15) is 0 Å². The largest absolute Gasteiger partial charge is 0.337 e. The number of hydrogen-bond acceptors (Lipinski definition) is 2. The minimum Gasteiger partial charge on any atom is -0.337 e. The maximum absolute atomic E-state index is 12.2. The van der Waals surface area contributed by atoms with Crippen molar-refractivity contribution in [3.8, 4) is 0 Å². The Kier molecular flexibility index (Phi) is 4.58. The first-order valence-electron chi connectivity index (χ1n) is 6.17. The average Bonchev–Trinajstić information content (AvgIpc) is 2.61. The first-order chi connectivity index (χ1) is 7.15. The number of amides is 1. The summed E-state index contributed by atoms with van der Waals surface area (Å²) in [6.45, 7) is 6.83. The molecule has 0 spiro atoms. The third kappa shape index (κ3) is 2.51. The molecule has 1 heterocycles. The van der Waals surface area contributed by atoms with Gasteiger partial charge in [0.2, 0.25) is 5.91 Å². The molecule has 0 aromatic carbocycles. The maximum Gasteiger partial charge on any atom is 0.227 e. The molecule has 0 aromatic rings. The van der Waals surface area contributed by atoms with Gasteiger partial charge in [-0.05, 0) is 32.6 Å². The summed E-state index contributed by atoms with van der Waals surface area (Å²) in [6, 6.07) is 0.858. The van der Waals surface area contributed by atoms with Crippen molar-refractivity contribution < 1.29 is 4.79 Å². The van der Waals surface area contributed by atoms with Crippen LogP contribution in [-0.4, -0.2) is 29.4 Å². The zero-order chi connectivity index (χ0) is 11.4. The zero-order valence-corrected chi connectivity index (χ0v) is 10.2. The second-order valence-corrected chi connectivity index (χ2v) is 4.57. The van der Waals surface area contributed by atoms with E-state index in [1.54, 1.807) is 0 Å². The fraction of sp³-hybridized carbons (Fsp3) is 0.917. The van der Waals surface area contributed by atoms with Crippen LogP contribution in [-0.2, 0) is 4.79 Å². The van der Waals surface area contributed by atoms with Gasteiger partial charge in [0.05, 0.1) is 5.92 Å². The van der Waals surface area contributed by atoms with Crippen LogP contribution < -0.4 is 5.73 Å². The van der Waals surface area contributed by atoms with E-state index < -0.39 is 0 Å². The number of hydrogen-bond donors (Lipinski definition) is 1. The van der Waals surface area contributed by atoms with Gasteiger partial charge in [-0.15, -0.1) is 0 Å². The molecule has 1 fully saturated rings. The van der Waals surface area contributed by atoms with Gasteiger partial charge in [-0.2, -0.15) is 0 Å². The van der Waals surface area contributed by atoms with Crippen molar-refractivity contribution in [2.24, 2.45) is 11.7 Å². The SMILES string of the molecule is CCC(CN)C(=O)N1C(C)CCC1CC. The fourth-order valence-corrected chi connectivity index (χ4v) is 2.52. The number of carbonyl (C=O) groups is 1. The molecule has 88 valence electrons. The van der Waals surface area contributed by atoms with Crippen molar-refractivity contribution in [2.75, 3.05) is 6.54 Å². The molecule has 1 amide bonds. The topological polar surface area (TPSA) is 46.3 Å². The highest BCUT2D eigenvalue weighted by atomic mass is 16.2. The Bertz CT molecular complexity index is 214. The van der Waals surface area contributed by atoms with Gasteiger partial charge in [0.15, 0.2) is 0 Å². The van der Waals surface area contributed by atoms with Crippen LogP contribution in [0.2, 0.25) is 0 Å². The number of nitrogens with two attached hydrogens (primary N) is 1. The molecular formula is C12H24N2O.